The van der Waals surface area contributed by atoms with E-state index in [0.717, 1.165) is 6.07 Å². The van der Waals surface area contributed by atoms with E-state index in [1.165, 1.54) is 19.4 Å². The molecular weight excluding hydrogens is 304 g/mol. The topological polar surface area (TPSA) is 112 Å². The first-order valence-corrected chi connectivity index (χ1v) is 6.75. The molecule has 122 valence electrons. The highest BCUT2D eigenvalue weighted by atomic mass is 16.6. The minimum absolute atomic E-state index is 0.0291. The number of nitrogens with one attached hydrogen (secondary N) is 1. The molecule has 0 unspecified atom stereocenters. The van der Waals surface area contributed by atoms with Crippen LogP contribution in [0.3, 0.4) is 0 Å². The Kier molecular flexibility index (Phi) is 4.09. The number of hydrogen-bond acceptors (Lipinski definition) is 6. The van der Waals surface area contributed by atoms with Gasteiger partial charge in [0.15, 0.2) is 0 Å². The molecule has 1 N–H and O–H groups in total. The number of rotatable bonds is 3. The molecule has 0 aliphatic rings. The van der Waals surface area contributed by atoms with E-state index in [1.807, 2.05) is 0 Å². The van der Waals surface area contributed by atoms with Crippen molar-refractivity contribution in [3.05, 3.63) is 39.7 Å². The Labute approximate surface area is 131 Å². The van der Waals surface area contributed by atoms with Crippen molar-refractivity contribution in [1.82, 2.24) is 4.98 Å². The molecule has 23 heavy (non-hydrogen) atoms. The van der Waals surface area contributed by atoms with Crippen LogP contribution in [0.5, 0.6) is 0 Å². The van der Waals surface area contributed by atoms with E-state index >= 15 is 0 Å². The number of aromatic nitrogens is 1. The molecule has 0 spiro atoms. The number of hydrogen-bond donors (Lipinski definition) is 1. The molecule has 2 aromatic rings. The summed E-state index contributed by atoms with van der Waals surface area (Å²) in [5.74, 6) is -1.41. The van der Waals surface area contributed by atoms with E-state index in [0.29, 0.717) is 5.39 Å². The van der Waals surface area contributed by atoms with Crippen LogP contribution in [0.4, 0.5) is 5.69 Å². The fourth-order valence-electron chi connectivity index (χ4n) is 2.13. The number of nitro benzene ring substituents is 1. The summed E-state index contributed by atoms with van der Waals surface area (Å²) in [5, 5.41) is 11.8. The number of fused-ring (bicyclic) bond motifs is 1. The summed E-state index contributed by atoms with van der Waals surface area (Å²) >= 11 is 0. The van der Waals surface area contributed by atoms with Gasteiger partial charge >= 0.3 is 11.9 Å². The number of carbonyl (C=O) groups excluding carboxylic acids is 2. The number of aromatic amines is 1. The van der Waals surface area contributed by atoms with Gasteiger partial charge in [-0.3, -0.25) is 10.1 Å². The summed E-state index contributed by atoms with van der Waals surface area (Å²) in [6.45, 7) is 5.08. The first-order chi connectivity index (χ1) is 10.6. The predicted octanol–water partition coefficient (Wildman–Crippen LogP) is 2.82. The monoisotopic (exact) mass is 320 g/mol. The van der Waals surface area contributed by atoms with Crippen molar-refractivity contribution < 1.29 is 24.0 Å². The van der Waals surface area contributed by atoms with E-state index in [1.54, 1.807) is 20.8 Å². The summed E-state index contributed by atoms with van der Waals surface area (Å²) in [6, 6.07) is 2.49. The van der Waals surface area contributed by atoms with Gasteiger partial charge in [-0.25, -0.2) is 9.59 Å². The molecule has 0 saturated carbocycles. The summed E-state index contributed by atoms with van der Waals surface area (Å²) < 4.78 is 9.82. The number of methoxy groups -OCH3 is 1. The standard InChI is InChI=1S/C15H16N2O6/c1-15(2,3)23-14(19)12-11-9(7-16-12)5-8(13(18)22-4)6-10(11)17(20)21/h5-7,16H,1-4H3. The third-order valence-electron chi connectivity index (χ3n) is 2.99. The number of benzene rings is 1. The highest BCUT2D eigenvalue weighted by molar-refractivity contribution is 6.09. The van der Waals surface area contributed by atoms with Crippen LogP contribution in [0.15, 0.2) is 18.3 Å². The van der Waals surface area contributed by atoms with E-state index in [4.69, 9.17) is 4.74 Å². The molecule has 0 fully saturated rings. The molecule has 1 heterocycles. The SMILES string of the molecule is COC(=O)c1cc([N+](=O)[O-])c2c(C(=O)OC(C)(C)C)[nH]cc2c1. The number of esters is 2. The van der Waals surface area contributed by atoms with Crippen LogP contribution < -0.4 is 0 Å². The van der Waals surface area contributed by atoms with Crippen LogP contribution >= 0.6 is 0 Å². The third kappa shape index (κ3) is 3.31. The second-order valence-corrected chi connectivity index (χ2v) is 5.87. The van der Waals surface area contributed by atoms with Gasteiger partial charge in [0.1, 0.15) is 11.3 Å². The lowest BCUT2D eigenvalue weighted by Crippen LogP contribution is -2.24. The van der Waals surface area contributed by atoms with Crippen LogP contribution in [-0.2, 0) is 9.47 Å². The Balaban J connectivity index is 2.64. The number of carbonyl (C=O) groups is 2. The molecule has 0 aliphatic carbocycles. The van der Waals surface area contributed by atoms with Crippen molar-refractivity contribution in [2.45, 2.75) is 26.4 Å². The van der Waals surface area contributed by atoms with Crippen molar-refractivity contribution in [3.8, 4) is 0 Å². The summed E-state index contributed by atoms with van der Waals surface area (Å²) in [7, 11) is 1.18. The smallest absolute Gasteiger partial charge is 0.356 e. The molecule has 8 heteroatoms. The lowest BCUT2D eigenvalue weighted by atomic mass is 10.1. The Morgan fingerprint density at radius 3 is 2.39 bits per heavy atom. The number of nitrogens with zero attached hydrogens (tertiary/aromatic N) is 1. The van der Waals surface area contributed by atoms with E-state index < -0.39 is 22.5 Å². The fraction of sp³-hybridized carbons (Fsp3) is 0.333. The van der Waals surface area contributed by atoms with E-state index in [-0.39, 0.29) is 22.3 Å². The molecule has 0 bridgehead atoms. The minimum atomic E-state index is -0.741. The third-order valence-corrected chi connectivity index (χ3v) is 2.99. The first kappa shape index (κ1) is 16.5. The Bertz CT molecular complexity index is 800. The maximum atomic E-state index is 12.2. The Hall–Kier alpha value is -2.90. The van der Waals surface area contributed by atoms with Crippen molar-refractivity contribution in [3.63, 3.8) is 0 Å². The van der Waals surface area contributed by atoms with Gasteiger partial charge in [0.05, 0.1) is 23.0 Å². The second-order valence-electron chi connectivity index (χ2n) is 5.87. The Morgan fingerprint density at radius 1 is 1.22 bits per heavy atom. The van der Waals surface area contributed by atoms with Crippen LogP contribution in [0, 0.1) is 10.1 Å². The Morgan fingerprint density at radius 2 is 1.87 bits per heavy atom. The van der Waals surface area contributed by atoms with Gasteiger partial charge in [0, 0.05) is 17.6 Å². The van der Waals surface area contributed by atoms with Crippen LogP contribution in [0.1, 0.15) is 41.6 Å². The number of non-ortho nitro benzene ring substituents is 1. The van der Waals surface area contributed by atoms with Gasteiger partial charge in [-0.05, 0) is 26.8 Å². The lowest BCUT2D eigenvalue weighted by Gasteiger charge is -2.19. The molecule has 0 atom stereocenters. The van der Waals surface area contributed by atoms with Gasteiger partial charge in [0.2, 0.25) is 0 Å². The number of H-pyrrole nitrogens is 1. The van der Waals surface area contributed by atoms with Gasteiger partial charge in [-0.15, -0.1) is 0 Å². The first-order valence-electron chi connectivity index (χ1n) is 6.75. The molecule has 0 saturated heterocycles. The number of ether oxygens (including phenoxy) is 2. The number of nitro groups is 1. The summed E-state index contributed by atoms with van der Waals surface area (Å²) in [6.07, 6.45) is 1.41. The molecule has 0 aliphatic heterocycles. The molecule has 1 aromatic carbocycles. The molecule has 8 nitrogen and oxygen atoms in total. The van der Waals surface area contributed by atoms with Gasteiger partial charge in [-0.1, -0.05) is 0 Å². The average molecular weight is 320 g/mol. The molecule has 2 rings (SSSR count). The predicted molar refractivity (Wildman–Crippen MR) is 81.5 cm³/mol. The molecule has 0 amide bonds. The fourth-order valence-corrected chi connectivity index (χ4v) is 2.13. The second kappa shape index (κ2) is 5.71. The highest BCUT2D eigenvalue weighted by Crippen LogP contribution is 2.31. The average Bonchev–Trinajstić information content (AvgIpc) is 2.87. The molecule has 0 radical (unpaired) electrons. The van der Waals surface area contributed by atoms with Crippen LogP contribution in [0.25, 0.3) is 10.8 Å². The maximum Gasteiger partial charge on any atom is 0.356 e. The zero-order valence-corrected chi connectivity index (χ0v) is 13.1. The van der Waals surface area contributed by atoms with Crippen molar-refractivity contribution in [2.75, 3.05) is 7.11 Å². The van der Waals surface area contributed by atoms with Crippen LogP contribution in [0.2, 0.25) is 0 Å². The van der Waals surface area contributed by atoms with Gasteiger partial charge < -0.3 is 14.5 Å². The highest BCUT2D eigenvalue weighted by Gasteiger charge is 2.27. The minimum Gasteiger partial charge on any atom is -0.465 e. The zero-order chi connectivity index (χ0) is 17.4. The molecular formula is C15H16N2O6. The summed E-state index contributed by atoms with van der Waals surface area (Å²) in [5.41, 5.74) is -1.11. The molecule has 1 aromatic heterocycles. The zero-order valence-electron chi connectivity index (χ0n) is 13.1. The van der Waals surface area contributed by atoms with Crippen molar-refractivity contribution in [2.24, 2.45) is 0 Å². The maximum absolute atomic E-state index is 12.2. The quantitative estimate of drug-likeness (QED) is 0.529. The summed E-state index contributed by atoms with van der Waals surface area (Å²) in [4.78, 5) is 37.2. The van der Waals surface area contributed by atoms with E-state index in [9.17, 15) is 19.7 Å². The van der Waals surface area contributed by atoms with Crippen molar-refractivity contribution >= 4 is 28.4 Å². The van der Waals surface area contributed by atoms with Gasteiger partial charge in [-0.2, -0.15) is 0 Å². The largest absolute Gasteiger partial charge is 0.465 e. The van der Waals surface area contributed by atoms with E-state index in [2.05, 4.69) is 9.72 Å². The van der Waals surface area contributed by atoms with Crippen LogP contribution in [-0.4, -0.2) is 34.6 Å². The van der Waals surface area contributed by atoms with Gasteiger partial charge in [0.25, 0.3) is 5.69 Å². The lowest BCUT2D eigenvalue weighted by molar-refractivity contribution is -0.383. The normalized spacial score (nSPS) is 11.3. The van der Waals surface area contributed by atoms with Crippen molar-refractivity contribution in [1.29, 1.82) is 0 Å².